The zero-order valence-electron chi connectivity index (χ0n) is 26.0. The van der Waals surface area contributed by atoms with Crippen molar-refractivity contribution in [2.45, 2.75) is 64.1 Å². The summed E-state index contributed by atoms with van der Waals surface area (Å²) < 4.78 is 26.6. The number of aliphatic hydroxyl groups excluding tert-OH is 1. The fraction of sp³-hybridized carbons (Fsp3) is 0.486. The summed E-state index contributed by atoms with van der Waals surface area (Å²) >= 11 is 2.22. The molecule has 7 rings (SSSR count). The minimum Gasteiger partial charge on any atom is -0.450 e. The van der Waals surface area contributed by atoms with Gasteiger partial charge in [-0.15, -0.1) is 11.3 Å². The van der Waals surface area contributed by atoms with E-state index in [1.54, 1.807) is 23.7 Å². The van der Waals surface area contributed by atoms with E-state index in [4.69, 9.17) is 9.47 Å². The van der Waals surface area contributed by atoms with Gasteiger partial charge < -0.3 is 14.6 Å². The highest BCUT2D eigenvalue weighted by Crippen LogP contribution is 2.69. The molecule has 7 atom stereocenters. The Bertz CT molecular complexity index is 1760. The maximum atomic E-state index is 14.2. The standard InChI is InChI=1S/C35H36FN3O5S2/c1-33-18-21-20-38-39(24-8-6-23(36)7-9-24)27(21)17-22(33)5-10-25-26-11-12-35(32(42)46-15-4-14-43-3,34(26,2)19-28(40)29(25)33)44-31(41)30-37-13-16-45-30/h6-9,13,16-17,20,25-26,28-29,40H,5,10-12,15,18-19H2,1-3H3/t25-,26-,28-,29+,33-,34-,35-/m0/s1. The highest BCUT2D eigenvalue weighted by atomic mass is 32.2. The van der Waals surface area contributed by atoms with Gasteiger partial charge in [0.1, 0.15) is 11.9 Å². The molecule has 0 unspecified atom stereocenters. The Morgan fingerprint density at radius 3 is 2.78 bits per heavy atom. The van der Waals surface area contributed by atoms with Crippen LogP contribution < -0.4 is 0 Å². The van der Waals surface area contributed by atoms with Crippen molar-refractivity contribution >= 4 is 40.3 Å². The van der Waals surface area contributed by atoms with Gasteiger partial charge in [0.2, 0.25) is 10.1 Å². The molecule has 1 N–H and O–H groups in total. The molecule has 8 nitrogen and oxygen atoms in total. The van der Waals surface area contributed by atoms with E-state index < -0.39 is 23.1 Å². The number of halogens is 1. The zero-order chi connectivity index (χ0) is 32.3. The van der Waals surface area contributed by atoms with E-state index >= 15 is 0 Å². The van der Waals surface area contributed by atoms with Crippen molar-refractivity contribution in [1.29, 1.82) is 0 Å². The number of aliphatic hydroxyl groups is 1. The molecule has 2 aromatic heterocycles. The molecule has 0 aliphatic heterocycles. The van der Waals surface area contributed by atoms with Crippen molar-refractivity contribution in [2.24, 2.45) is 28.6 Å². The summed E-state index contributed by atoms with van der Waals surface area (Å²) in [5.41, 5.74) is 1.69. The van der Waals surface area contributed by atoms with Gasteiger partial charge in [-0.2, -0.15) is 5.10 Å². The van der Waals surface area contributed by atoms with Crippen LogP contribution in [0.3, 0.4) is 0 Å². The van der Waals surface area contributed by atoms with Crippen LogP contribution in [0.1, 0.15) is 67.0 Å². The summed E-state index contributed by atoms with van der Waals surface area (Å²) in [4.78, 5) is 31.7. The smallest absolute Gasteiger partial charge is 0.368 e. The lowest BCUT2D eigenvalue weighted by molar-refractivity contribution is -0.174. The molecule has 1 aromatic carbocycles. The molecule has 11 heteroatoms. The normalized spacial score (nSPS) is 32.5. The summed E-state index contributed by atoms with van der Waals surface area (Å²) in [6.07, 6.45) is 11.4. The maximum absolute atomic E-state index is 14.2. The first-order chi connectivity index (χ1) is 22.1. The molecule has 3 fully saturated rings. The number of fused-ring (bicyclic) bond motifs is 6. The lowest BCUT2D eigenvalue weighted by Gasteiger charge is -2.60. The van der Waals surface area contributed by atoms with Gasteiger partial charge in [0.15, 0.2) is 5.60 Å². The number of carbonyl (C=O) groups is 2. The molecule has 2 heterocycles. The van der Waals surface area contributed by atoms with E-state index in [0.29, 0.717) is 19.3 Å². The minimum atomic E-state index is -1.42. The van der Waals surface area contributed by atoms with Gasteiger partial charge in [-0.25, -0.2) is 18.9 Å². The topological polar surface area (TPSA) is 104 Å². The number of aromatic nitrogens is 3. The van der Waals surface area contributed by atoms with Crippen LogP contribution in [0, 0.1) is 46.4 Å². The molecule has 0 amide bonds. The van der Waals surface area contributed by atoms with Gasteiger partial charge in [0, 0.05) is 17.0 Å². The summed E-state index contributed by atoms with van der Waals surface area (Å²) in [6, 6.07) is 6.34. The first kappa shape index (κ1) is 31.2. The Morgan fingerprint density at radius 2 is 2.04 bits per heavy atom. The molecule has 4 aliphatic carbocycles. The molecule has 0 radical (unpaired) electrons. The Morgan fingerprint density at radius 1 is 1.24 bits per heavy atom. The average Bonchev–Trinajstić information content (AvgIpc) is 3.77. The average molecular weight is 662 g/mol. The second-order valence-electron chi connectivity index (χ2n) is 13.4. The van der Waals surface area contributed by atoms with Crippen molar-refractivity contribution in [3.05, 3.63) is 69.7 Å². The molecular formula is C35H36FN3O5S2. The van der Waals surface area contributed by atoms with Crippen molar-refractivity contribution in [1.82, 2.24) is 14.8 Å². The van der Waals surface area contributed by atoms with E-state index in [2.05, 4.69) is 35.1 Å². The van der Waals surface area contributed by atoms with Crippen LogP contribution in [0.25, 0.3) is 11.8 Å². The molecule has 4 aliphatic rings. The molecule has 0 saturated heterocycles. The number of thiazole rings is 1. The zero-order valence-corrected chi connectivity index (χ0v) is 27.6. The monoisotopic (exact) mass is 661 g/mol. The van der Waals surface area contributed by atoms with Crippen LogP contribution in [0.15, 0.2) is 47.6 Å². The number of carbonyl (C=O) groups excluding carboxylic acids is 2. The number of allylic oxidation sites excluding steroid dienone is 1. The van der Waals surface area contributed by atoms with Crippen molar-refractivity contribution in [3.63, 3.8) is 0 Å². The molecule has 46 heavy (non-hydrogen) atoms. The van der Waals surface area contributed by atoms with E-state index in [1.807, 2.05) is 17.8 Å². The molecule has 3 saturated carbocycles. The predicted octanol–water partition coefficient (Wildman–Crippen LogP) is 6.08. The summed E-state index contributed by atoms with van der Waals surface area (Å²) in [5.74, 6) is 2.31. The number of rotatable bonds is 5. The Hall–Kier alpha value is -3.46. The van der Waals surface area contributed by atoms with Gasteiger partial charge in [-0.05, 0) is 104 Å². The molecular weight excluding hydrogens is 626 g/mol. The van der Waals surface area contributed by atoms with Gasteiger partial charge >= 0.3 is 5.97 Å². The fourth-order valence-electron chi connectivity index (χ4n) is 9.35. The van der Waals surface area contributed by atoms with Gasteiger partial charge in [-0.3, -0.25) is 4.79 Å². The van der Waals surface area contributed by atoms with Crippen LogP contribution in [0.2, 0.25) is 0 Å². The van der Waals surface area contributed by atoms with Crippen molar-refractivity contribution in [3.8, 4) is 17.7 Å². The summed E-state index contributed by atoms with van der Waals surface area (Å²) in [7, 11) is 1.47. The summed E-state index contributed by atoms with van der Waals surface area (Å²) in [6.45, 7) is 4.30. The van der Waals surface area contributed by atoms with Gasteiger partial charge in [-0.1, -0.05) is 31.2 Å². The first-order valence-electron chi connectivity index (χ1n) is 15.6. The first-order valence-corrected chi connectivity index (χ1v) is 17.5. The van der Waals surface area contributed by atoms with E-state index in [0.717, 1.165) is 48.0 Å². The van der Waals surface area contributed by atoms with E-state index in [9.17, 15) is 19.1 Å². The maximum Gasteiger partial charge on any atom is 0.368 e. The van der Waals surface area contributed by atoms with Crippen LogP contribution in [-0.4, -0.2) is 55.5 Å². The molecule has 240 valence electrons. The number of nitrogens with zero attached hydrogens (tertiary/aromatic N) is 3. The molecule has 0 spiro atoms. The van der Waals surface area contributed by atoms with Gasteiger partial charge in [0.05, 0.1) is 36.5 Å². The van der Waals surface area contributed by atoms with Crippen LogP contribution in [0.4, 0.5) is 4.39 Å². The fourth-order valence-corrected chi connectivity index (χ4v) is 10.7. The second-order valence-corrected chi connectivity index (χ2v) is 15.2. The predicted molar refractivity (Wildman–Crippen MR) is 173 cm³/mol. The van der Waals surface area contributed by atoms with Crippen LogP contribution in [0.5, 0.6) is 0 Å². The van der Waals surface area contributed by atoms with Crippen LogP contribution in [-0.2, 0) is 20.7 Å². The third-order valence-corrected chi connectivity index (χ3v) is 12.9. The van der Waals surface area contributed by atoms with Crippen molar-refractivity contribution < 1.29 is 28.6 Å². The third-order valence-electron chi connectivity index (χ3n) is 11.3. The van der Waals surface area contributed by atoms with Gasteiger partial charge in [0.25, 0.3) is 0 Å². The molecule has 0 bridgehead atoms. The second kappa shape index (κ2) is 11.7. The molecule has 3 aromatic rings. The Kier molecular flexibility index (Phi) is 7.89. The third kappa shape index (κ3) is 4.75. The number of hydrogen-bond donors (Lipinski definition) is 1. The number of esters is 1. The van der Waals surface area contributed by atoms with Crippen LogP contribution >= 0.6 is 23.1 Å². The quantitative estimate of drug-likeness (QED) is 0.259. The van der Waals surface area contributed by atoms with E-state index in [-0.39, 0.29) is 44.9 Å². The highest BCUT2D eigenvalue weighted by molar-refractivity contribution is 8.14. The number of hydrogen-bond acceptors (Lipinski definition) is 9. The highest BCUT2D eigenvalue weighted by Gasteiger charge is 2.70. The lowest BCUT2D eigenvalue weighted by Crippen LogP contribution is -2.62. The SMILES string of the molecule is COC#CCSC(=O)[C@@]1(OC(=O)c2nccs2)CC[C@H]2[C@@H]3CCC4=Cc5c(cnn5-c5ccc(F)cc5)C[C@]4(C)[C@H]3[C@@H](O)C[C@@]21C. The van der Waals surface area contributed by atoms with E-state index in [1.165, 1.54) is 36.2 Å². The Labute approximate surface area is 275 Å². The number of thioether (sulfide) groups is 1. The Balaban J connectivity index is 1.22. The number of methoxy groups -OCH3 is 1. The summed E-state index contributed by atoms with van der Waals surface area (Å²) in [5, 5.41) is 18.5. The largest absolute Gasteiger partial charge is 0.450 e. The van der Waals surface area contributed by atoms with Crippen molar-refractivity contribution in [2.75, 3.05) is 12.9 Å². The minimum absolute atomic E-state index is 0.0336. The number of ether oxygens (including phenoxy) is 2. The lowest BCUT2D eigenvalue weighted by atomic mass is 9.45. The number of benzene rings is 1.